The fourth-order valence-corrected chi connectivity index (χ4v) is 5.54. The number of nitrogens with one attached hydrogen (secondary N) is 1. The smallest absolute Gasteiger partial charge is 0.226 e. The Bertz CT molecular complexity index is 1170. The Kier molecular flexibility index (Phi) is 4.77. The van der Waals surface area contributed by atoms with Crippen molar-refractivity contribution in [3.63, 3.8) is 0 Å². The molecule has 0 radical (unpaired) electrons. The first-order valence-electron chi connectivity index (χ1n) is 10.4. The highest BCUT2D eigenvalue weighted by Crippen LogP contribution is 2.41. The highest BCUT2D eigenvalue weighted by atomic mass is 32.1. The van der Waals surface area contributed by atoms with Gasteiger partial charge in [0, 0.05) is 35.8 Å². The first-order chi connectivity index (χ1) is 14.5. The van der Waals surface area contributed by atoms with E-state index < -0.39 is 0 Å². The molecule has 0 unspecified atom stereocenters. The maximum atomic E-state index is 12.8. The summed E-state index contributed by atoms with van der Waals surface area (Å²) in [6.07, 6.45) is 6.10. The van der Waals surface area contributed by atoms with Crippen molar-refractivity contribution in [2.24, 2.45) is 10.9 Å². The number of hydrogen-bond acceptors (Lipinski definition) is 6. The summed E-state index contributed by atoms with van der Waals surface area (Å²) in [6, 6.07) is 6.54. The first-order valence-corrected chi connectivity index (χ1v) is 11.2. The predicted octanol–water partition coefficient (Wildman–Crippen LogP) is 4.34. The number of aliphatic imine (C=N–C) groups is 1. The Morgan fingerprint density at radius 2 is 2.17 bits per heavy atom. The van der Waals surface area contributed by atoms with Crippen LogP contribution in [0.2, 0.25) is 0 Å². The van der Waals surface area contributed by atoms with Crippen LogP contribution in [0.3, 0.4) is 0 Å². The zero-order valence-corrected chi connectivity index (χ0v) is 18.3. The average Bonchev–Trinajstić information content (AvgIpc) is 3.36. The van der Waals surface area contributed by atoms with Crippen molar-refractivity contribution in [3.05, 3.63) is 46.1 Å². The normalized spacial score (nSPS) is 17.3. The second kappa shape index (κ2) is 7.47. The molecule has 2 aliphatic rings. The van der Waals surface area contributed by atoms with Gasteiger partial charge in [-0.15, -0.1) is 11.3 Å². The van der Waals surface area contributed by atoms with E-state index in [4.69, 9.17) is 0 Å². The Morgan fingerprint density at radius 3 is 3.00 bits per heavy atom. The summed E-state index contributed by atoms with van der Waals surface area (Å²) in [5.74, 6) is 1.15. The molecule has 0 bridgehead atoms. The summed E-state index contributed by atoms with van der Waals surface area (Å²) in [6.45, 7) is 4.88. The molecule has 0 spiro atoms. The van der Waals surface area contributed by atoms with Crippen molar-refractivity contribution >= 4 is 45.2 Å². The number of carbonyl (C=O) groups is 1. The molecular formula is C23H25N5OS. The minimum atomic E-state index is 0.0540. The molecule has 0 saturated carbocycles. The van der Waals surface area contributed by atoms with Gasteiger partial charge in [0.1, 0.15) is 17.0 Å². The zero-order valence-electron chi connectivity index (χ0n) is 17.5. The van der Waals surface area contributed by atoms with E-state index in [1.54, 1.807) is 17.7 Å². The molecule has 1 amide bonds. The molecule has 1 N–H and O–H groups in total. The van der Waals surface area contributed by atoms with Crippen molar-refractivity contribution in [2.75, 3.05) is 12.4 Å². The molecule has 1 aromatic carbocycles. The Labute approximate surface area is 180 Å². The van der Waals surface area contributed by atoms with Crippen LogP contribution < -0.4 is 5.32 Å². The van der Waals surface area contributed by atoms with Gasteiger partial charge in [-0.2, -0.15) is 0 Å². The maximum absolute atomic E-state index is 12.8. The molecule has 1 aliphatic carbocycles. The largest absolute Gasteiger partial charge is 0.343 e. The van der Waals surface area contributed by atoms with E-state index in [0.29, 0.717) is 0 Å². The summed E-state index contributed by atoms with van der Waals surface area (Å²) in [5.41, 5.74) is 4.72. The molecule has 6 nitrogen and oxygen atoms in total. The second-order valence-electron chi connectivity index (χ2n) is 8.40. The van der Waals surface area contributed by atoms with Crippen LogP contribution in [0.5, 0.6) is 0 Å². The van der Waals surface area contributed by atoms with Crippen molar-refractivity contribution < 1.29 is 4.79 Å². The summed E-state index contributed by atoms with van der Waals surface area (Å²) in [7, 11) is 1.91. The lowest BCUT2D eigenvalue weighted by molar-refractivity contribution is -0.136. The lowest BCUT2D eigenvalue weighted by Crippen LogP contribution is -2.39. The monoisotopic (exact) mass is 419 g/mol. The number of aryl methyl sites for hydroxylation is 1. The average molecular weight is 420 g/mol. The van der Waals surface area contributed by atoms with Crippen LogP contribution in [0.1, 0.15) is 41.8 Å². The van der Waals surface area contributed by atoms with Crippen LogP contribution in [0, 0.1) is 5.92 Å². The summed E-state index contributed by atoms with van der Waals surface area (Å²) in [4.78, 5) is 30.4. The Hall–Kier alpha value is -2.80. The van der Waals surface area contributed by atoms with E-state index in [1.165, 1.54) is 16.0 Å². The number of anilines is 2. The number of rotatable bonds is 4. The molecular weight excluding hydrogens is 394 g/mol. The highest BCUT2D eigenvalue weighted by molar-refractivity contribution is 7.19. The SMILES string of the molecule is CC(C)N(C)C(=O)[C@H]1CCc2c(sc3ncnc(Nc4ccc5c(c4)C=NC5)c23)C1. The van der Waals surface area contributed by atoms with Gasteiger partial charge in [-0.05, 0) is 61.9 Å². The van der Waals surface area contributed by atoms with Gasteiger partial charge >= 0.3 is 0 Å². The summed E-state index contributed by atoms with van der Waals surface area (Å²) >= 11 is 1.70. The molecule has 0 fully saturated rings. The van der Waals surface area contributed by atoms with E-state index in [2.05, 4.69) is 52.3 Å². The van der Waals surface area contributed by atoms with Crippen molar-refractivity contribution in [2.45, 2.75) is 45.7 Å². The third-order valence-electron chi connectivity index (χ3n) is 6.22. The van der Waals surface area contributed by atoms with Gasteiger partial charge in [0.15, 0.2) is 0 Å². The summed E-state index contributed by atoms with van der Waals surface area (Å²) < 4.78 is 0. The number of benzene rings is 1. The topological polar surface area (TPSA) is 70.5 Å². The lowest BCUT2D eigenvalue weighted by atomic mass is 9.86. The van der Waals surface area contributed by atoms with Gasteiger partial charge in [0.05, 0.1) is 11.9 Å². The van der Waals surface area contributed by atoms with Gasteiger partial charge in [-0.3, -0.25) is 9.79 Å². The van der Waals surface area contributed by atoms with Crippen LogP contribution in [-0.4, -0.2) is 40.1 Å². The van der Waals surface area contributed by atoms with Crippen molar-refractivity contribution in [3.8, 4) is 0 Å². The van der Waals surface area contributed by atoms with Crippen LogP contribution in [0.25, 0.3) is 10.2 Å². The fraction of sp³-hybridized carbons (Fsp3) is 0.391. The lowest BCUT2D eigenvalue weighted by Gasteiger charge is -2.29. The molecule has 2 aromatic heterocycles. The van der Waals surface area contributed by atoms with Gasteiger partial charge in [-0.25, -0.2) is 9.97 Å². The quantitative estimate of drug-likeness (QED) is 0.683. The number of carbonyl (C=O) groups excluding carboxylic acids is 1. The van der Waals surface area contributed by atoms with Crippen LogP contribution in [-0.2, 0) is 24.2 Å². The molecule has 1 atom stereocenters. The van der Waals surface area contributed by atoms with E-state index in [1.807, 2.05) is 18.2 Å². The van der Waals surface area contributed by atoms with E-state index in [0.717, 1.165) is 53.1 Å². The number of amides is 1. The fourth-order valence-electron chi connectivity index (χ4n) is 4.27. The molecule has 7 heteroatoms. The molecule has 30 heavy (non-hydrogen) atoms. The van der Waals surface area contributed by atoms with Crippen LogP contribution in [0.4, 0.5) is 11.5 Å². The number of hydrogen-bond donors (Lipinski definition) is 1. The van der Waals surface area contributed by atoms with Crippen LogP contribution >= 0.6 is 11.3 Å². The number of aromatic nitrogens is 2. The van der Waals surface area contributed by atoms with E-state index in [-0.39, 0.29) is 17.9 Å². The molecule has 154 valence electrons. The Morgan fingerprint density at radius 1 is 1.30 bits per heavy atom. The van der Waals surface area contributed by atoms with Crippen molar-refractivity contribution in [1.82, 2.24) is 14.9 Å². The number of thiophene rings is 1. The maximum Gasteiger partial charge on any atom is 0.226 e. The molecule has 1 aliphatic heterocycles. The molecule has 5 rings (SSSR count). The van der Waals surface area contributed by atoms with Crippen molar-refractivity contribution in [1.29, 1.82) is 0 Å². The van der Waals surface area contributed by atoms with E-state index >= 15 is 0 Å². The second-order valence-corrected chi connectivity index (χ2v) is 9.48. The van der Waals surface area contributed by atoms with Gasteiger partial charge in [-0.1, -0.05) is 6.07 Å². The standard InChI is InChI=1S/C23H25N5OS/c1-13(2)28(3)23(29)14-5-7-18-19(9-14)30-22-20(18)21(25-12-26-22)27-17-6-4-15-10-24-11-16(15)8-17/h4,6,8,11-14H,5,7,9-10H2,1-3H3,(H,25,26,27)/t14-/m0/s1. The molecule has 3 aromatic rings. The molecule has 0 saturated heterocycles. The number of fused-ring (bicyclic) bond motifs is 4. The highest BCUT2D eigenvalue weighted by Gasteiger charge is 2.31. The number of nitrogens with zero attached hydrogens (tertiary/aromatic N) is 4. The van der Waals surface area contributed by atoms with Crippen LogP contribution in [0.15, 0.2) is 29.5 Å². The zero-order chi connectivity index (χ0) is 20.8. The van der Waals surface area contributed by atoms with Gasteiger partial charge < -0.3 is 10.2 Å². The van der Waals surface area contributed by atoms with Gasteiger partial charge in [0.2, 0.25) is 5.91 Å². The van der Waals surface area contributed by atoms with Gasteiger partial charge in [0.25, 0.3) is 0 Å². The predicted molar refractivity (Wildman–Crippen MR) is 122 cm³/mol. The summed E-state index contributed by atoms with van der Waals surface area (Å²) in [5, 5.41) is 4.60. The minimum absolute atomic E-state index is 0.0540. The first kappa shape index (κ1) is 19.2. The Balaban J connectivity index is 1.46. The third-order valence-corrected chi connectivity index (χ3v) is 7.38. The minimum Gasteiger partial charge on any atom is -0.343 e. The van der Waals surface area contributed by atoms with E-state index in [9.17, 15) is 4.79 Å². The molecule has 3 heterocycles. The third kappa shape index (κ3) is 3.27.